The number of rotatable bonds is 13. The number of aromatic nitrogens is 1. The molecule has 3 aromatic rings. The maximum atomic E-state index is 13.7. The Balaban J connectivity index is 1.56. The molecule has 2 heterocycles. The van der Waals surface area contributed by atoms with E-state index in [4.69, 9.17) is 29.7 Å². The summed E-state index contributed by atoms with van der Waals surface area (Å²) in [6, 6.07) is 12.4. The van der Waals surface area contributed by atoms with Crippen LogP contribution in [0.3, 0.4) is 0 Å². The van der Waals surface area contributed by atoms with E-state index in [1.54, 1.807) is 64.1 Å². The molecule has 0 bridgehead atoms. The predicted octanol–water partition coefficient (Wildman–Crippen LogP) is 5.47. The van der Waals surface area contributed by atoms with Gasteiger partial charge in [0.25, 0.3) is 0 Å². The van der Waals surface area contributed by atoms with Gasteiger partial charge in [-0.15, -0.1) is 0 Å². The molecule has 0 saturated carbocycles. The van der Waals surface area contributed by atoms with Gasteiger partial charge in [-0.05, 0) is 82.6 Å². The summed E-state index contributed by atoms with van der Waals surface area (Å²) in [6.07, 6.45) is -0.138. The molecule has 0 unspecified atom stereocenters. The summed E-state index contributed by atoms with van der Waals surface area (Å²) in [5.74, 6) is 0.665. The number of nitrogens with two attached hydrogens (primary N) is 1. The number of carbonyl (C=O) groups excluding carboxylic acids is 2. The van der Waals surface area contributed by atoms with Crippen LogP contribution in [0.4, 0.5) is 4.39 Å². The van der Waals surface area contributed by atoms with Gasteiger partial charge in [-0.3, -0.25) is 14.6 Å². The van der Waals surface area contributed by atoms with Crippen LogP contribution >= 0.6 is 0 Å². The number of fused-ring (bicyclic) bond motifs is 1. The maximum absolute atomic E-state index is 13.7. The smallest absolute Gasteiger partial charge is 0.305 e. The average molecular weight is 622 g/mol. The fourth-order valence-electron chi connectivity index (χ4n) is 5.07. The number of hydrogen-bond donors (Lipinski definition) is 2. The number of aliphatic imine (C=N–C) groups is 1. The Morgan fingerprint density at radius 1 is 1.20 bits per heavy atom. The third-order valence-electron chi connectivity index (χ3n) is 7.56. The SMILES string of the molecule is CCC(=O)O[C@H](C)COc1ccc(C(=O)CC[C@@](C)(O)c2cc3c(c(-c4ccc(F)cc4)n2)OC[C@@]3(C)N=C(C)N)cc1OC. The zero-order chi connectivity index (χ0) is 32.9. The normalized spacial score (nSPS) is 17.9. The van der Waals surface area contributed by atoms with Crippen LogP contribution in [-0.4, -0.2) is 54.1 Å². The summed E-state index contributed by atoms with van der Waals surface area (Å²) in [5.41, 5.74) is 5.99. The molecule has 1 aliphatic heterocycles. The largest absolute Gasteiger partial charge is 0.493 e. The van der Waals surface area contributed by atoms with Crippen molar-refractivity contribution in [3.05, 3.63) is 71.2 Å². The van der Waals surface area contributed by atoms with Crippen LogP contribution in [0.1, 0.15) is 75.5 Å². The molecular formula is C34H40FN3O7. The Hall–Kier alpha value is -4.51. The average Bonchev–Trinajstić information content (AvgIpc) is 3.33. The predicted molar refractivity (Wildman–Crippen MR) is 167 cm³/mol. The zero-order valence-electron chi connectivity index (χ0n) is 26.5. The summed E-state index contributed by atoms with van der Waals surface area (Å²) in [7, 11) is 1.47. The van der Waals surface area contributed by atoms with E-state index in [1.165, 1.54) is 19.2 Å². The van der Waals surface area contributed by atoms with E-state index in [9.17, 15) is 19.1 Å². The molecule has 0 radical (unpaired) electrons. The van der Waals surface area contributed by atoms with Gasteiger partial charge in [-0.25, -0.2) is 9.37 Å². The first-order valence-corrected chi connectivity index (χ1v) is 14.8. The molecule has 11 heteroatoms. The van der Waals surface area contributed by atoms with Gasteiger partial charge in [0.2, 0.25) is 0 Å². The van der Waals surface area contributed by atoms with Crippen molar-refractivity contribution in [2.24, 2.45) is 10.7 Å². The first-order chi connectivity index (χ1) is 21.3. The lowest BCUT2D eigenvalue weighted by Gasteiger charge is -2.26. The second-order valence-corrected chi connectivity index (χ2v) is 11.6. The van der Waals surface area contributed by atoms with Crippen LogP contribution in [0.25, 0.3) is 11.3 Å². The Morgan fingerprint density at radius 2 is 1.91 bits per heavy atom. The molecule has 10 nitrogen and oxygen atoms in total. The van der Waals surface area contributed by atoms with Crippen LogP contribution in [0.5, 0.6) is 17.2 Å². The first kappa shape index (κ1) is 33.4. The molecule has 240 valence electrons. The van der Waals surface area contributed by atoms with Crippen molar-refractivity contribution in [3.8, 4) is 28.5 Å². The molecule has 1 aliphatic rings. The van der Waals surface area contributed by atoms with E-state index in [0.717, 1.165) is 0 Å². The molecule has 3 N–H and O–H groups in total. The third kappa shape index (κ3) is 7.78. The number of Topliss-reactive ketones (excluding diaryl/α,β-unsaturated/α-hetero) is 1. The third-order valence-corrected chi connectivity index (χ3v) is 7.56. The fraction of sp³-hybridized carbons (Fsp3) is 0.412. The van der Waals surface area contributed by atoms with Crippen molar-refractivity contribution in [2.75, 3.05) is 20.3 Å². The van der Waals surface area contributed by atoms with Crippen molar-refractivity contribution in [3.63, 3.8) is 0 Å². The van der Waals surface area contributed by atoms with Gasteiger partial charge in [0, 0.05) is 29.5 Å². The number of amidine groups is 1. The number of benzene rings is 2. The van der Waals surface area contributed by atoms with Gasteiger partial charge in [0.1, 0.15) is 42.0 Å². The summed E-state index contributed by atoms with van der Waals surface area (Å²) in [5, 5.41) is 11.7. The Bertz CT molecular complexity index is 1590. The van der Waals surface area contributed by atoms with Gasteiger partial charge in [-0.2, -0.15) is 0 Å². The van der Waals surface area contributed by atoms with Crippen LogP contribution < -0.4 is 19.9 Å². The number of pyridine rings is 1. The number of methoxy groups -OCH3 is 1. The van der Waals surface area contributed by atoms with E-state index in [0.29, 0.717) is 51.2 Å². The number of halogens is 1. The topological polar surface area (TPSA) is 143 Å². The number of esters is 1. The monoisotopic (exact) mass is 621 g/mol. The molecule has 0 fully saturated rings. The van der Waals surface area contributed by atoms with Crippen molar-refractivity contribution in [1.82, 2.24) is 4.98 Å². The second-order valence-electron chi connectivity index (χ2n) is 11.6. The first-order valence-electron chi connectivity index (χ1n) is 14.8. The highest BCUT2D eigenvalue weighted by atomic mass is 19.1. The number of carbonyl (C=O) groups is 2. The van der Waals surface area contributed by atoms with E-state index in [2.05, 4.69) is 4.99 Å². The highest BCUT2D eigenvalue weighted by Crippen LogP contribution is 2.46. The minimum atomic E-state index is -1.52. The van der Waals surface area contributed by atoms with E-state index in [-0.39, 0.29) is 44.2 Å². The van der Waals surface area contributed by atoms with Crippen LogP contribution in [0.2, 0.25) is 0 Å². The van der Waals surface area contributed by atoms with Gasteiger partial charge in [0.15, 0.2) is 23.0 Å². The lowest BCUT2D eigenvalue weighted by Crippen LogP contribution is -2.27. The number of hydrogen-bond acceptors (Lipinski definition) is 9. The van der Waals surface area contributed by atoms with Crippen LogP contribution in [0, 0.1) is 5.82 Å². The Labute approximate surface area is 262 Å². The molecule has 2 aromatic carbocycles. The molecule has 0 saturated heterocycles. The van der Waals surface area contributed by atoms with E-state index >= 15 is 0 Å². The van der Waals surface area contributed by atoms with Crippen molar-refractivity contribution in [2.45, 2.75) is 71.1 Å². The van der Waals surface area contributed by atoms with Gasteiger partial charge >= 0.3 is 5.97 Å². The fourth-order valence-corrected chi connectivity index (χ4v) is 5.07. The van der Waals surface area contributed by atoms with Crippen LogP contribution in [-0.2, 0) is 20.7 Å². The number of ketones is 1. The van der Waals surface area contributed by atoms with Crippen LogP contribution in [0.15, 0.2) is 53.5 Å². The van der Waals surface area contributed by atoms with Crippen molar-refractivity contribution >= 4 is 17.6 Å². The molecule has 0 amide bonds. The molecule has 1 aromatic heterocycles. The van der Waals surface area contributed by atoms with E-state index in [1.807, 2.05) is 6.92 Å². The summed E-state index contributed by atoms with van der Waals surface area (Å²) in [6.45, 7) is 8.93. The lowest BCUT2D eigenvalue weighted by atomic mass is 9.87. The lowest BCUT2D eigenvalue weighted by molar-refractivity contribution is -0.149. The van der Waals surface area contributed by atoms with Gasteiger partial charge < -0.3 is 29.8 Å². The zero-order valence-corrected chi connectivity index (χ0v) is 26.5. The minimum absolute atomic E-state index is 0.00115. The number of aliphatic hydroxyl groups is 1. The molecule has 4 rings (SSSR count). The minimum Gasteiger partial charge on any atom is -0.493 e. The molecule has 45 heavy (non-hydrogen) atoms. The highest BCUT2D eigenvalue weighted by Gasteiger charge is 2.41. The molecule has 0 aliphatic carbocycles. The second kappa shape index (κ2) is 13.6. The number of nitrogens with zero attached hydrogens (tertiary/aromatic N) is 2. The quantitative estimate of drug-likeness (QED) is 0.110. The maximum Gasteiger partial charge on any atom is 0.305 e. The van der Waals surface area contributed by atoms with Gasteiger partial charge in [0.05, 0.1) is 18.6 Å². The summed E-state index contributed by atoms with van der Waals surface area (Å²) in [4.78, 5) is 34.2. The Kier molecular flexibility index (Phi) is 10.1. The van der Waals surface area contributed by atoms with Gasteiger partial charge in [-0.1, -0.05) is 6.92 Å². The van der Waals surface area contributed by atoms with Crippen molar-refractivity contribution in [1.29, 1.82) is 0 Å². The molecule has 3 atom stereocenters. The van der Waals surface area contributed by atoms with E-state index < -0.39 is 23.1 Å². The highest BCUT2D eigenvalue weighted by molar-refractivity contribution is 5.96. The molecular weight excluding hydrogens is 581 g/mol. The summed E-state index contributed by atoms with van der Waals surface area (Å²) < 4.78 is 36.2. The summed E-state index contributed by atoms with van der Waals surface area (Å²) >= 11 is 0. The van der Waals surface area contributed by atoms with Crippen molar-refractivity contribution < 1.29 is 38.0 Å². The standard InChI is InChI=1S/C34H40FN3O7/c1-7-30(40)45-20(2)18-43-27-13-10-23(16-28(27)42-6)26(39)14-15-34(5,41)29-17-25-32(44-19-33(25,4)38-21(3)36)31(37-29)22-8-11-24(35)12-9-22/h8-13,16-17,20,41H,7,14-15,18-19H2,1-6H3,(H2,36,38)/t20-,33-,34-/m1/s1. The Morgan fingerprint density at radius 3 is 2.56 bits per heavy atom. The number of ether oxygens (including phenoxy) is 4. The molecule has 0 spiro atoms.